The van der Waals surface area contributed by atoms with E-state index < -0.39 is 0 Å². The normalized spacial score (nSPS) is 18.6. The van der Waals surface area contributed by atoms with E-state index in [1.165, 1.54) is 7.11 Å². The molecule has 1 aliphatic heterocycles. The number of carbonyl (C=O) groups is 1. The average Bonchev–Trinajstić information content (AvgIpc) is 2.79. The molecule has 1 aromatic carbocycles. The van der Waals surface area contributed by atoms with Gasteiger partial charge in [-0.1, -0.05) is 12.1 Å². The van der Waals surface area contributed by atoms with Crippen molar-refractivity contribution in [3.05, 3.63) is 28.7 Å². The number of amides is 1. The number of aliphatic hydroxyl groups is 1. The van der Waals surface area contributed by atoms with Crippen LogP contribution in [0, 0.1) is 0 Å². The van der Waals surface area contributed by atoms with Gasteiger partial charge in [0.05, 0.1) is 25.2 Å². The lowest BCUT2D eigenvalue weighted by Crippen LogP contribution is -2.20. The number of methoxy groups -OCH3 is 1. The first kappa shape index (κ1) is 14.4. The van der Waals surface area contributed by atoms with E-state index in [1.807, 2.05) is 0 Å². The molecule has 0 radical (unpaired) electrons. The highest BCUT2D eigenvalue weighted by Crippen LogP contribution is 2.33. The Morgan fingerprint density at radius 3 is 3.00 bits per heavy atom. The Balaban J connectivity index is 2.26. The predicted octanol–water partition coefficient (Wildman–Crippen LogP) is 0.953. The molecule has 1 saturated heterocycles. The van der Waals surface area contributed by atoms with Gasteiger partial charge in [-0.15, -0.1) is 0 Å². The summed E-state index contributed by atoms with van der Waals surface area (Å²) in [7, 11) is 1.46. The number of aliphatic imine (C=N–C) groups is 1. The van der Waals surface area contributed by atoms with Crippen molar-refractivity contribution in [2.24, 2.45) is 4.99 Å². The van der Waals surface area contributed by atoms with Crippen LogP contribution in [-0.2, 0) is 4.79 Å². The SMILES string of the molecule is COc1cccc(/C=C2\SC(=NCCO)NC2=O)c1O. The van der Waals surface area contributed by atoms with Gasteiger partial charge in [-0.05, 0) is 23.9 Å². The third-order valence-corrected chi connectivity index (χ3v) is 3.49. The number of carbonyl (C=O) groups excluding carboxylic acids is 1. The molecule has 6 nitrogen and oxygen atoms in total. The van der Waals surface area contributed by atoms with Gasteiger partial charge < -0.3 is 20.3 Å². The molecule has 1 fully saturated rings. The summed E-state index contributed by atoms with van der Waals surface area (Å²) < 4.78 is 5.01. The van der Waals surface area contributed by atoms with Gasteiger partial charge in [0.25, 0.3) is 5.91 Å². The minimum atomic E-state index is -0.283. The predicted molar refractivity (Wildman–Crippen MR) is 77.8 cm³/mol. The quantitative estimate of drug-likeness (QED) is 0.719. The maximum Gasteiger partial charge on any atom is 0.264 e. The van der Waals surface area contributed by atoms with Crippen LogP contribution in [0.4, 0.5) is 0 Å². The van der Waals surface area contributed by atoms with E-state index >= 15 is 0 Å². The number of thioether (sulfide) groups is 1. The summed E-state index contributed by atoms with van der Waals surface area (Å²) >= 11 is 1.16. The lowest BCUT2D eigenvalue weighted by molar-refractivity contribution is -0.115. The summed E-state index contributed by atoms with van der Waals surface area (Å²) in [6, 6.07) is 5.04. The zero-order valence-electron chi connectivity index (χ0n) is 10.8. The van der Waals surface area contributed by atoms with Crippen LogP contribution in [0.15, 0.2) is 28.1 Å². The van der Waals surface area contributed by atoms with Crippen molar-refractivity contribution in [1.82, 2.24) is 5.32 Å². The van der Waals surface area contributed by atoms with E-state index in [1.54, 1.807) is 24.3 Å². The summed E-state index contributed by atoms with van der Waals surface area (Å²) in [5.41, 5.74) is 0.491. The molecule has 1 aliphatic rings. The maximum absolute atomic E-state index is 11.8. The number of phenolic OH excluding ortho intramolecular Hbond substituents is 1. The Kier molecular flexibility index (Phi) is 4.65. The number of para-hydroxylation sites is 1. The van der Waals surface area contributed by atoms with E-state index in [2.05, 4.69) is 10.3 Å². The van der Waals surface area contributed by atoms with Crippen LogP contribution in [0.3, 0.4) is 0 Å². The smallest absolute Gasteiger partial charge is 0.264 e. The molecular weight excluding hydrogens is 280 g/mol. The van der Waals surface area contributed by atoms with Crippen LogP contribution in [0.1, 0.15) is 5.56 Å². The molecule has 7 heteroatoms. The van der Waals surface area contributed by atoms with Crippen molar-refractivity contribution in [2.75, 3.05) is 20.3 Å². The highest BCUT2D eigenvalue weighted by atomic mass is 32.2. The van der Waals surface area contributed by atoms with E-state index in [4.69, 9.17) is 9.84 Å². The Labute approximate surface area is 120 Å². The highest BCUT2D eigenvalue weighted by molar-refractivity contribution is 8.18. The molecule has 0 spiro atoms. The molecule has 106 valence electrons. The molecule has 0 unspecified atom stereocenters. The Morgan fingerprint density at radius 2 is 2.30 bits per heavy atom. The van der Waals surface area contributed by atoms with Gasteiger partial charge >= 0.3 is 0 Å². The van der Waals surface area contributed by atoms with Gasteiger partial charge in [-0.2, -0.15) is 0 Å². The van der Waals surface area contributed by atoms with Crippen LogP contribution < -0.4 is 10.1 Å². The summed E-state index contributed by atoms with van der Waals surface area (Å²) in [6.07, 6.45) is 1.57. The molecule has 1 heterocycles. The van der Waals surface area contributed by atoms with Crippen LogP contribution >= 0.6 is 11.8 Å². The van der Waals surface area contributed by atoms with Gasteiger partial charge in [-0.25, -0.2) is 0 Å². The van der Waals surface area contributed by atoms with Crippen LogP contribution in [0.25, 0.3) is 6.08 Å². The number of ether oxygens (including phenoxy) is 1. The molecule has 0 aromatic heterocycles. The van der Waals surface area contributed by atoms with E-state index in [9.17, 15) is 9.90 Å². The third-order valence-electron chi connectivity index (χ3n) is 2.54. The summed E-state index contributed by atoms with van der Waals surface area (Å²) in [5, 5.41) is 21.7. The van der Waals surface area contributed by atoms with Crippen molar-refractivity contribution >= 4 is 28.9 Å². The molecule has 2 rings (SSSR count). The molecule has 0 atom stereocenters. The van der Waals surface area contributed by atoms with Crippen molar-refractivity contribution in [1.29, 1.82) is 0 Å². The third kappa shape index (κ3) is 3.12. The second kappa shape index (κ2) is 6.44. The standard InChI is InChI=1S/C13H14N2O4S/c1-19-9-4-2-3-8(11(9)17)7-10-12(18)15-13(20-10)14-5-6-16/h2-4,7,16-17H,5-6H2,1H3,(H,14,15,18)/b10-7-. The van der Waals surface area contributed by atoms with Crippen LogP contribution in [0.5, 0.6) is 11.5 Å². The lowest BCUT2D eigenvalue weighted by atomic mass is 10.1. The minimum absolute atomic E-state index is 0.0170. The Hall–Kier alpha value is -1.99. The summed E-state index contributed by atoms with van der Waals surface area (Å²) in [5.74, 6) is 0.0440. The van der Waals surface area contributed by atoms with Crippen molar-refractivity contribution in [2.45, 2.75) is 0 Å². The van der Waals surface area contributed by atoms with Gasteiger partial charge in [-0.3, -0.25) is 9.79 Å². The first-order valence-corrected chi connectivity index (χ1v) is 6.69. The number of benzene rings is 1. The molecule has 0 aliphatic carbocycles. The van der Waals surface area contributed by atoms with Crippen molar-refractivity contribution in [3.8, 4) is 11.5 Å². The van der Waals surface area contributed by atoms with E-state index in [-0.39, 0.29) is 24.8 Å². The fourth-order valence-corrected chi connectivity index (χ4v) is 2.45. The second-order valence-corrected chi connectivity index (χ2v) is 4.90. The van der Waals surface area contributed by atoms with Gasteiger partial charge in [0, 0.05) is 5.56 Å². The van der Waals surface area contributed by atoms with Gasteiger partial charge in [0.1, 0.15) is 0 Å². The summed E-state index contributed by atoms with van der Waals surface area (Å²) in [6.45, 7) is 0.163. The van der Waals surface area contributed by atoms with Gasteiger partial charge in [0.15, 0.2) is 16.7 Å². The van der Waals surface area contributed by atoms with E-state index in [0.29, 0.717) is 21.4 Å². The zero-order chi connectivity index (χ0) is 14.5. The number of amidine groups is 1. The summed E-state index contributed by atoms with van der Waals surface area (Å²) in [4.78, 5) is 16.2. The van der Waals surface area contributed by atoms with Gasteiger partial charge in [0.2, 0.25) is 0 Å². The second-order valence-electron chi connectivity index (χ2n) is 3.87. The molecule has 3 N–H and O–H groups in total. The maximum atomic E-state index is 11.8. The molecule has 1 aromatic rings. The minimum Gasteiger partial charge on any atom is -0.504 e. The number of phenols is 1. The lowest BCUT2D eigenvalue weighted by Gasteiger charge is -2.05. The topological polar surface area (TPSA) is 91.2 Å². The molecule has 0 saturated carbocycles. The number of rotatable bonds is 4. The molecule has 20 heavy (non-hydrogen) atoms. The number of aromatic hydroxyl groups is 1. The zero-order valence-corrected chi connectivity index (χ0v) is 11.6. The number of hydrogen-bond acceptors (Lipinski definition) is 6. The number of aliphatic hydroxyl groups excluding tert-OH is 1. The number of nitrogens with one attached hydrogen (secondary N) is 1. The largest absolute Gasteiger partial charge is 0.504 e. The fraction of sp³-hybridized carbons (Fsp3) is 0.231. The molecule has 0 bridgehead atoms. The number of nitrogens with zero attached hydrogens (tertiary/aromatic N) is 1. The fourth-order valence-electron chi connectivity index (χ4n) is 1.61. The average molecular weight is 294 g/mol. The van der Waals surface area contributed by atoms with E-state index in [0.717, 1.165) is 11.8 Å². The Bertz CT molecular complexity index is 584. The molecular formula is C13H14N2O4S. The molecule has 1 amide bonds. The van der Waals surface area contributed by atoms with Crippen LogP contribution in [-0.4, -0.2) is 41.5 Å². The van der Waals surface area contributed by atoms with Crippen LogP contribution in [0.2, 0.25) is 0 Å². The first-order valence-electron chi connectivity index (χ1n) is 5.88. The Morgan fingerprint density at radius 1 is 1.50 bits per heavy atom. The first-order chi connectivity index (χ1) is 9.65. The number of hydrogen-bond donors (Lipinski definition) is 3. The highest BCUT2D eigenvalue weighted by Gasteiger charge is 2.24. The van der Waals surface area contributed by atoms with Crippen molar-refractivity contribution in [3.63, 3.8) is 0 Å². The van der Waals surface area contributed by atoms with Crippen molar-refractivity contribution < 1.29 is 19.7 Å². The monoisotopic (exact) mass is 294 g/mol.